The van der Waals surface area contributed by atoms with E-state index in [0.717, 1.165) is 4.90 Å². The molecule has 0 saturated carbocycles. The van der Waals surface area contributed by atoms with E-state index in [2.05, 4.69) is 15.9 Å². The fraction of sp³-hybridized carbons (Fsp3) is 0.200. The van der Waals surface area contributed by atoms with Crippen LogP contribution in [0.1, 0.15) is 18.5 Å². The Balaban J connectivity index is 1.64. The Morgan fingerprint density at radius 2 is 1.76 bits per heavy atom. The molecule has 7 nitrogen and oxygen atoms in total. The molecule has 0 unspecified atom stereocenters. The van der Waals surface area contributed by atoms with Gasteiger partial charge in [0.15, 0.2) is 17.6 Å². The lowest BCUT2D eigenvalue weighted by Gasteiger charge is -2.29. The molecule has 2 saturated heterocycles. The van der Waals surface area contributed by atoms with Crippen LogP contribution < -0.4 is 14.7 Å². The zero-order valence-electron chi connectivity index (χ0n) is 18.0. The molecule has 34 heavy (non-hydrogen) atoms. The van der Waals surface area contributed by atoms with Crippen LogP contribution in [0.25, 0.3) is 0 Å². The molecule has 0 aromatic heterocycles. The number of nitrogens with zero attached hydrogens (tertiary/aromatic N) is 2. The monoisotopic (exact) mass is 526 g/mol. The highest BCUT2D eigenvalue weighted by molar-refractivity contribution is 9.10. The predicted molar refractivity (Wildman–Crippen MR) is 126 cm³/mol. The largest absolute Gasteiger partial charge is 0.503 e. The Morgan fingerprint density at radius 3 is 2.47 bits per heavy atom. The number of phenolic OH excluding ortho intramolecular Hbond substituents is 1. The minimum absolute atomic E-state index is 0.0749. The number of benzene rings is 3. The number of imide groups is 1. The van der Waals surface area contributed by atoms with Crippen LogP contribution in [0.5, 0.6) is 11.5 Å². The summed E-state index contributed by atoms with van der Waals surface area (Å²) < 4.78 is 20.5. The molecule has 3 aromatic rings. The molecule has 0 spiro atoms. The first-order valence-electron chi connectivity index (χ1n) is 10.7. The maximum atomic E-state index is 14.5. The number of carbonyl (C=O) groups is 2. The maximum Gasteiger partial charge on any atom is 0.266 e. The summed E-state index contributed by atoms with van der Waals surface area (Å²) in [7, 11) is 0. The van der Waals surface area contributed by atoms with Gasteiger partial charge in [0.25, 0.3) is 5.91 Å². The smallest absolute Gasteiger partial charge is 0.266 e. The second kappa shape index (κ2) is 8.73. The lowest BCUT2D eigenvalue weighted by atomic mass is 9.90. The van der Waals surface area contributed by atoms with Crippen LogP contribution in [-0.2, 0) is 14.4 Å². The molecule has 9 heteroatoms. The summed E-state index contributed by atoms with van der Waals surface area (Å²) in [5.41, 5.74) is 1.12. The number of ether oxygens (including phenoxy) is 1. The molecular formula is C25H20BrFN2O5. The van der Waals surface area contributed by atoms with Gasteiger partial charge in [-0.05, 0) is 64.8 Å². The Morgan fingerprint density at radius 1 is 1.06 bits per heavy atom. The van der Waals surface area contributed by atoms with Crippen LogP contribution in [0, 0.1) is 11.7 Å². The van der Waals surface area contributed by atoms with E-state index in [1.807, 2.05) is 18.2 Å². The van der Waals surface area contributed by atoms with E-state index in [1.165, 1.54) is 23.3 Å². The van der Waals surface area contributed by atoms with E-state index in [9.17, 15) is 19.1 Å². The van der Waals surface area contributed by atoms with Crippen molar-refractivity contribution in [3.8, 4) is 11.5 Å². The van der Waals surface area contributed by atoms with Crippen molar-refractivity contribution in [2.24, 2.45) is 5.92 Å². The summed E-state index contributed by atoms with van der Waals surface area (Å²) in [5, 5.41) is 11.9. The van der Waals surface area contributed by atoms with Gasteiger partial charge in [0.05, 0.1) is 28.5 Å². The van der Waals surface area contributed by atoms with E-state index in [0.29, 0.717) is 22.3 Å². The molecule has 2 aliphatic heterocycles. The van der Waals surface area contributed by atoms with Crippen LogP contribution in [0.2, 0.25) is 0 Å². The zero-order valence-corrected chi connectivity index (χ0v) is 19.6. The van der Waals surface area contributed by atoms with Gasteiger partial charge in [0, 0.05) is 0 Å². The van der Waals surface area contributed by atoms with Crippen LogP contribution in [0.4, 0.5) is 15.8 Å². The van der Waals surface area contributed by atoms with Gasteiger partial charge < -0.3 is 9.84 Å². The summed E-state index contributed by atoms with van der Waals surface area (Å²) in [6.45, 7) is 2.11. The molecule has 2 heterocycles. The molecule has 0 aliphatic carbocycles. The van der Waals surface area contributed by atoms with E-state index < -0.39 is 35.7 Å². The number of carbonyl (C=O) groups excluding carboxylic acids is 2. The normalized spacial score (nSPS) is 21.8. The lowest BCUT2D eigenvalue weighted by Crippen LogP contribution is -2.37. The van der Waals surface area contributed by atoms with Crippen molar-refractivity contribution in [3.05, 3.63) is 82.6 Å². The minimum atomic E-state index is -1.14. The molecular weight excluding hydrogens is 507 g/mol. The molecule has 2 fully saturated rings. The second-order valence-electron chi connectivity index (χ2n) is 7.90. The summed E-state index contributed by atoms with van der Waals surface area (Å²) in [4.78, 5) is 33.8. The predicted octanol–water partition coefficient (Wildman–Crippen LogP) is 4.74. The van der Waals surface area contributed by atoms with Crippen molar-refractivity contribution >= 4 is 39.1 Å². The quantitative estimate of drug-likeness (QED) is 0.483. The van der Waals surface area contributed by atoms with Crippen molar-refractivity contribution in [1.29, 1.82) is 0 Å². The summed E-state index contributed by atoms with van der Waals surface area (Å²) >= 11 is 3.35. The number of amides is 2. The van der Waals surface area contributed by atoms with Gasteiger partial charge in [-0.3, -0.25) is 14.4 Å². The van der Waals surface area contributed by atoms with Crippen molar-refractivity contribution < 1.29 is 28.7 Å². The summed E-state index contributed by atoms with van der Waals surface area (Å²) in [5.74, 6) is -2.66. The standard InChI is InChI=1S/C25H20BrFN2O5/c1-2-33-19-13-14(12-16(26)22(19)30)21-20-23(34-29(21)15-8-4-3-5-9-15)25(32)28(24(20)31)18-11-7-6-10-17(18)27/h3-13,20-21,23,30H,2H2,1H3/t20-,21+,23+/m1/s1. The maximum absolute atomic E-state index is 14.5. The first-order chi connectivity index (χ1) is 16.4. The number of aromatic hydroxyl groups is 1. The lowest BCUT2D eigenvalue weighted by molar-refractivity contribution is -0.126. The number of anilines is 2. The Bertz CT molecular complexity index is 1270. The number of phenols is 1. The highest BCUT2D eigenvalue weighted by Gasteiger charge is 2.60. The Hall–Kier alpha value is -3.43. The molecule has 2 amide bonds. The van der Waals surface area contributed by atoms with Gasteiger partial charge in [-0.1, -0.05) is 30.3 Å². The van der Waals surface area contributed by atoms with E-state index in [4.69, 9.17) is 9.57 Å². The third-order valence-electron chi connectivity index (χ3n) is 5.91. The van der Waals surface area contributed by atoms with Crippen LogP contribution in [0.3, 0.4) is 0 Å². The highest BCUT2D eigenvalue weighted by atomic mass is 79.9. The Kier molecular flexibility index (Phi) is 5.75. The van der Waals surface area contributed by atoms with Crippen LogP contribution in [0.15, 0.2) is 71.2 Å². The second-order valence-corrected chi connectivity index (χ2v) is 8.76. The van der Waals surface area contributed by atoms with Gasteiger partial charge >= 0.3 is 0 Å². The molecule has 3 aromatic carbocycles. The highest BCUT2D eigenvalue weighted by Crippen LogP contribution is 2.50. The first-order valence-corrected chi connectivity index (χ1v) is 11.5. The molecule has 0 radical (unpaired) electrons. The van der Waals surface area contributed by atoms with Gasteiger partial charge in [-0.15, -0.1) is 0 Å². The number of halogens is 2. The zero-order chi connectivity index (χ0) is 24.0. The van der Waals surface area contributed by atoms with E-state index in [1.54, 1.807) is 37.3 Å². The fourth-order valence-corrected chi connectivity index (χ4v) is 4.91. The third-order valence-corrected chi connectivity index (χ3v) is 6.52. The van der Waals surface area contributed by atoms with E-state index >= 15 is 0 Å². The number of fused-ring (bicyclic) bond motifs is 1. The minimum Gasteiger partial charge on any atom is -0.503 e. The molecule has 5 rings (SSSR count). The van der Waals surface area contributed by atoms with E-state index in [-0.39, 0.29) is 17.2 Å². The number of hydroxylamine groups is 1. The SMILES string of the molecule is CCOc1cc([C@H]2[C@H]3C(=O)N(c4ccccc4F)C(=O)[C@H]3ON2c2ccccc2)cc(Br)c1O. The number of para-hydroxylation sites is 2. The fourth-order valence-electron chi connectivity index (χ4n) is 4.45. The van der Waals surface area contributed by atoms with Gasteiger partial charge in [0.1, 0.15) is 11.7 Å². The molecule has 3 atom stereocenters. The summed E-state index contributed by atoms with van der Waals surface area (Å²) in [6.07, 6.45) is -1.14. The van der Waals surface area contributed by atoms with Crippen molar-refractivity contribution in [1.82, 2.24) is 0 Å². The van der Waals surface area contributed by atoms with Crippen LogP contribution in [-0.4, -0.2) is 29.6 Å². The van der Waals surface area contributed by atoms with Gasteiger partial charge in [-0.25, -0.2) is 14.4 Å². The molecule has 1 N–H and O–H groups in total. The molecule has 174 valence electrons. The van der Waals surface area contributed by atoms with Crippen molar-refractivity contribution in [2.45, 2.75) is 19.1 Å². The Labute approximate surface area is 203 Å². The van der Waals surface area contributed by atoms with Gasteiger partial charge in [-0.2, -0.15) is 0 Å². The number of hydrogen-bond acceptors (Lipinski definition) is 6. The van der Waals surface area contributed by atoms with Crippen LogP contribution >= 0.6 is 15.9 Å². The third kappa shape index (κ3) is 3.52. The van der Waals surface area contributed by atoms with Crippen molar-refractivity contribution in [2.75, 3.05) is 16.6 Å². The summed E-state index contributed by atoms with van der Waals surface area (Å²) in [6, 6.07) is 17.3. The van der Waals surface area contributed by atoms with Crippen molar-refractivity contribution in [3.63, 3.8) is 0 Å². The van der Waals surface area contributed by atoms with Gasteiger partial charge in [0.2, 0.25) is 5.91 Å². The molecule has 0 bridgehead atoms. The first kappa shape index (κ1) is 22.4. The number of hydrogen-bond donors (Lipinski definition) is 1. The topological polar surface area (TPSA) is 79.3 Å². The molecule has 2 aliphatic rings. The number of rotatable bonds is 5. The average Bonchev–Trinajstić information content (AvgIpc) is 3.34. The average molecular weight is 527 g/mol.